The van der Waals surface area contributed by atoms with Gasteiger partial charge >= 0.3 is 0 Å². The smallest absolute Gasteiger partial charge is 0.287 e. The molecule has 0 aromatic carbocycles. The van der Waals surface area contributed by atoms with Crippen LogP contribution in [0.5, 0.6) is 0 Å². The lowest BCUT2D eigenvalue weighted by atomic mass is 10.3. The largest absolute Gasteiger partial charge is 0.303 e. The normalized spacial score (nSPS) is 10.6. The van der Waals surface area contributed by atoms with Crippen molar-refractivity contribution in [2.45, 2.75) is 6.92 Å². The standard InChI is InChI=1S/C10H6Br2FN3O/c1-4-7(13)10(17)16-9(15-4)8-6(12)2-5(11)3-14-8/h2-3H,1H3,(H,15,16,17). The first kappa shape index (κ1) is 12.4. The van der Waals surface area contributed by atoms with Crippen LogP contribution in [0.1, 0.15) is 5.69 Å². The molecule has 0 aliphatic rings. The quantitative estimate of drug-likeness (QED) is 0.848. The molecule has 2 heterocycles. The molecule has 0 aliphatic heterocycles. The van der Waals surface area contributed by atoms with E-state index in [1.807, 2.05) is 0 Å². The Bertz CT molecular complexity index is 642. The third-order valence-corrected chi connectivity index (χ3v) is 3.10. The molecule has 0 radical (unpaired) electrons. The van der Waals surface area contributed by atoms with E-state index in [-0.39, 0.29) is 11.5 Å². The van der Waals surface area contributed by atoms with Gasteiger partial charge in [-0.1, -0.05) is 0 Å². The van der Waals surface area contributed by atoms with Crippen LogP contribution in [-0.4, -0.2) is 15.0 Å². The van der Waals surface area contributed by atoms with E-state index in [4.69, 9.17) is 0 Å². The first-order valence-corrected chi connectivity index (χ1v) is 6.15. The van der Waals surface area contributed by atoms with Crippen molar-refractivity contribution < 1.29 is 4.39 Å². The Morgan fingerprint density at radius 1 is 1.41 bits per heavy atom. The second kappa shape index (κ2) is 4.66. The van der Waals surface area contributed by atoms with E-state index in [0.29, 0.717) is 10.2 Å². The first-order chi connectivity index (χ1) is 7.99. The molecule has 0 fully saturated rings. The van der Waals surface area contributed by atoms with Crippen molar-refractivity contribution in [2.24, 2.45) is 0 Å². The molecular formula is C10H6Br2FN3O. The average molecular weight is 363 g/mol. The highest BCUT2D eigenvalue weighted by atomic mass is 79.9. The third kappa shape index (κ3) is 2.44. The summed E-state index contributed by atoms with van der Waals surface area (Å²) in [5.41, 5.74) is -0.308. The van der Waals surface area contributed by atoms with Gasteiger partial charge in [0.25, 0.3) is 5.56 Å². The molecule has 0 atom stereocenters. The highest BCUT2D eigenvalue weighted by Gasteiger charge is 2.12. The van der Waals surface area contributed by atoms with Crippen LogP contribution in [-0.2, 0) is 0 Å². The number of halogens is 3. The van der Waals surface area contributed by atoms with Crippen molar-refractivity contribution in [3.8, 4) is 11.5 Å². The van der Waals surface area contributed by atoms with Gasteiger partial charge in [-0.2, -0.15) is 4.39 Å². The van der Waals surface area contributed by atoms with Gasteiger partial charge in [-0.25, -0.2) is 4.98 Å². The van der Waals surface area contributed by atoms with Crippen molar-refractivity contribution in [2.75, 3.05) is 0 Å². The molecule has 1 N–H and O–H groups in total. The SMILES string of the molecule is Cc1nc(-c2ncc(Br)cc2Br)[nH]c(=O)c1F. The molecule has 0 saturated heterocycles. The van der Waals surface area contributed by atoms with E-state index in [0.717, 1.165) is 4.47 Å². The van der Waals surface area contributed by atoms with Gasteiger partial charge < -0.3 is 4.98 Å². The number of hydrogen-bond acceptors (Lipinski definition) is 3. The van der Waals surface area contributed by atoms with Crippen molar-refractivity contribution in [3.05, 3.63) is 43.1 Å². The van der Waals surface area contributed by atoms with Crippen LogP contribution in [0.25, 0.3) is 11.5 Å². The predicted molar refractivity (Wildman–Crippen MR) is 68.2 cm³/mol. The molecular weight excluding hydrogens is 357 g/mol. The number of nitrogens with one attached hydrogen (secondary N) is 1. The van der Waals surface area contributed by atoms with Crippen LogP contribution in [0, 0.1) is 12.7 Å². The topological polar surface area (TPSA) is 58.6 Å². The third-order valence-electron chi connectivity index (χ3n) is 2.06. The summed E-state index contributed by atoms with van der Waals surface area (Å²) in [6, 6.07) is 1.76. The lowest BCUT2D eigenvalue weighted by Gasteiger charge is -2.04. The maximum atomic E-state index is 13.1. The van der Waals surface area contributed by atoms with E-state index < -0.39 is 11.4 Å². The van der Waals surface area contributed by atoms with E-state index in [2.05, 4.69) is 46.8 Å². The fourth-order valence-corrected chi connectivity index (χ4v) is 2.45. The zero-order chi connectivity index (χ0) is 12.6. The minimum atomic E-state index is -0.873. The lowest BCUT2D eigenvalue weighted by molar-refractivity contribution is 0.589. The van der Waals surface area contributed by atoms with E-state index in [9.17, 15) is 9.18 Å². The number of H-pyrrole nitrogens is 1. The molecule has 0 bridgehead atoms. The van der Waals surface area contributed by atoms with Gasteiger partial charge in [-0.15, -0.1) is 0 Å². The van der Waals surface area contributed by atoms with Crippen molar-refractivity contribution in [1.29, 1.82) is 0 Å². The Morgan fingerprint density at radius 3 is 2.71 bits per heavy atom. The summed E-state index contributed by atoms with van der Waals surface area (Å²) in [7, 11) is 0. The number of rotatable bonds is 1. The Balaban J connectivity index is 2.65. The molecule has 2 rings (SSSR count). The molecule has 4 nitrogen and oxygen atoms in total. The monoisotopic (exact) mass is 361 g/mol. The van der Waals surface area contributed by atoms with Crippen LogP contribution in [0.4, 0.5) is 4.39 Å². The number of aromatic nitrogens is 3. The van der Waals surface area contributed by atoms with Gasteiger partial charge in [0.15, 0.2) is 5.82 Å². The summed E-state index contributed by atoms with van der Waals surface area (Å²) in [6.45, 7) is 1.43. The molecule has 0 aliphatic carbocycles. The van der Waals surface area contributed by atoms with Crippen LogP contribution < -0.4 is 5.56 Å². The van der Waals surface area contributed by atoms with Gasteiger partial charge in [0.1, 0.15) is 5.69 Å². The molecule has 0 spiro atoms. The number of nitrogens with zero attached hydrogens (tertiary/aromatic N) is 2. The Kier molecular flexibility index (Phi) is 3.39. The van der Waals surface area contributed by atoms with Gasteiger partial charge in [0.2, 0.25) is 5.82 Å². The number of aryl methyl sites for hydroxylation is 1. The van der Waals surface area contributed by atoms with Gasteiger partial charge in [-0.3, -0.25) is 9.78 Å². The number of aromatic amines is 1. The summed E-state index contributed by atoms with van der Waals surface area (Å²) < 4.78 is 14.6. The summed E-state index contributed by atoms with van der Waals surface area (Å²) >= 11 is 6.57. The molecule has 0 unspecified atom stereocenters. The second-order valence-corrected chi connectivity index (χ2v) is 5.07. The molecule has 17 heavy (non-hydrogen) atoms. The highest BCUT2D eigenvalue weighted by Crippen LogP contribution is 2.25. The minimum absolute atomic E-state index is 0.0420. The zero-order valence-corrected chi connectivity index (χ0v) is 11.8. The second-order valence-electron chi connectivity index (χ2n) is 3.30. The van der Waals surface area contributed by atoms with Crippen molar-refractivity contribution in [1.82, 2.24) is 15.0 Å². The zero-order valence-electron chi connectivity index (χ0n) is 8.59. The molecule has 2 aromatic rings. The van der Waals surface area contributed by atoms with Crippen LogP contribution >= 0.6 is 31.9 Å². The maximum Gasteiger partial charge on any atom is 0.287 e. The highest BCUT2D eigenvalue weighted by molar-refractivity contribution is 9.11. The van der Waals surface area contributed by atoms with Gasteiger partial charge in [0.05, 0.1) is 5.69 Å². The fourth-order valence-electron chi connectivity index (χ4n) is 1.27. The first-order valence-electron chi connectivity index (χ1n) is 4.57. The summed E-state index contributed by atoms with van der Waals surface area (Å²) in [5, 5.41) is 0. The van der Waals surface area contributed by atoms with Crippen LogP contribution in [0.2, 0.25) is 0 Å². The van der Waals surface area contributed by atoms with Crippen LogP contribution in [0.15, 0.2) is 26.0 Å². The van der Waals surface area contributed by atoms with E-state index in [1.54, 1.807) is 12.3 Å². The van der Waals surface area contributed by atoms with E-state index >= 15 is 0 Å². The average Bonchev–Trinajstić information content (AvgIpc) is 2.25. The van der Waals surface area contributed by atoms with Crippen molar-refractivity contribution >= 4 is 31.9 Å². The summed E-state index contributed by atoms with van der Waals surface area (Å²) in [4.78, 5) is 21.7. The predicted octanol–water partition coefficient (Wildman–Crippen LogP) is 2.80. The minimum Gasteiger partial charge on any atom is -0.303 e. The van der Waals surface area contributed by atoms with Crippen LogP contribution in [0.3, 0.4) is 0 Å². The Hall–Kier alpha value is -1.08. The fraction of sp³-hybridized carbons (Fsp3) is 0.100. The molecule has 2 aromatic heterocycles. The van der Waals surface area contributed by atoms with Gasteiger partial charge in [-0.05, 0) is 44.8 Å². The molecule has 88 valence electrons. The Morgan fingerprint density at radius 2 is 2.12 bits per heavy atom. The number of pyridine rings is 1. The van der Waals surface area contributed by atoms with Gasteiger partial charge in [0, 0.05) is 15.1 Å². The lowest BCUT2D eigenvalue weighted by Crippen LogP contribution is -2.16. The van der Waals surface area contributed by atoms with E-state index in [1.165, 1.54) is 6.92 Å². The summed E-state index contributed by atoms with van der Waals surface area (Å²) in [5.74, 6) is -0.643. The molecule has 0 saturated carbocycles. The molecule has 0 amide bonds. The summed E-state index contributed by atoms with van der Waals surface area (Å²) in [6.07, 6.45) is 1.57. The number of hydrogen-bond donors (Lipinski definition) is 1. The maximum absolute atomic E-state index is 13.1. The Labute approximate surface area is 113 Å². The van der Waals surface area contributed by atoms with Crippen molar-refractivity contribution in [3.63, 3.8) is 0 Å². The molecule has 7 heteroatoms.